The van der Waals surface area contributed by atoms with E-state index in [9.17, 15) is 9.36 Å². The largest absolute Gasteiger partial charge is 0.475 e. The highest BCUT2D eigenvalue weighted by atomic mass is 31.2. The summed E-state index contributed by atoms with van der Waals surface area (Å²) in [5.74, 6) is -0.00929. The predicted molar refractivity (Wildman–Crippen MR) is 91.8 cm³/mol. The second-order valence-corrected chi connectivity index (χ2v) is 7.03. The van der Waals surface area contributed by atoms with E-state index >= 15 is 0 Å². The van der Waals surface area contributed by atoms with Crippen LogP contribution in [0.4, 0.5) is 0 Å². The summed E-state index contributed by atoms with van der Waals surface area (Å²) in [5, 5.41) is 0. The zero-order chi connectivity index (χ0) is 18.0. The van der Waals surface area contributed by atoms with Crippen LogP contribution < -0.4 is 0 Å². The van der Waals surface area contributed by atoms with Crippen molar-refractivity contribution in [2.45, 2.75) is 40.7 Å². The number of esters is 1. The molecule has 136 valence electrons. The molecule has 0 aliphatic carbocycles. The lowest BCUT2D eigenvalue weighted by Gasteiger charge is -2.16. The van der Waals surface area contributed by atoms with E-state index < -0.39 is 7.82 Å². The second-order valence-electron chi connectivity index (χ2n) is 5.37. The second kappa shape index (κ2) is 10.6. The molecular weight excluding hydrogens is 331 g/mol. The molecule has 0 fully saturated rings. The normalized spacial score (nSPS) is 12.8. The van der Waals surface area contributed by atoms with Gasteiger partial charge in [-0.05, 0) is 37.5 Å². The predicted octanol–water partition coefficient (Wildman–Crippen LogP) is 4.59. The van der Waals surface area contributed by atoms with Gasteiger partial charge in [-0.1, -0.05) is 32.4 Å². The van der Waals surface area contributed by atoms with E-state index in [1.54, 1.807) is 38.1 Å². The molecule has 1 rings (SSSR count). The Morgan fingerprint density at radius 3 is 2.12 bits per heavy atom. The van der Waals surface area contributed by atoms with Crippen molar-refractivity contribution in [1.82, 2.24) is 0 Å². The van der Waals surface area contributed by atoms with Gasteiger partial charge >= 0.3 is 13.8 Å². The molecule has 1 aromatic carbocycles. The molecule has 0 saturated carbocycles. The third-order valence-corrected chi connectivity index (χ3v) is 4.94. The van der Waals surface area contributed by atoms with Gasteiger partial charge in [0.15, 0.2) is 0 Å². The Hall–Kier alpha value is -1.20. The minimum absolute atomic E-state index is 0.0689. The summed E-state index contributed by atoms with van der Waals surface area (Å²) in [6.45, 7) is 8.46. The Kier molecular flexibility index (Phi) is 9.22. The first-order valence-electron chi connectivity index (χ1n) is 8.23. The molecule has 24 heavy (non-hydrogen) atoms. The van der Waals surface area contributed by atoms with Gasteiger partial charge in [0.25, 0.3) is 0 Å². The van der Waals surface area contributed by atoms with Gasteiger partial charge in [-0.2, -0.15) is 0 Å². The van der Waals surface area contributed by atoms with Crippen LogP contribution in [0.25, 0.3) is 0 Å². The lowest BCUT2D eigenvalue weighted by Crippen LogP contribution is -2.11. The molecule has 0 aliphatic heterocycles. The maximum absolute atomic E-state index is 12.2. The van der Waals surface area contributed by atoms with E-state index in [2.05, 4.69) is 6.92 Å². The highest BCUT2D eigenvalue weighted by Crippen LogP contribution is 2.49. The van der Waals surface area contributed by atoms with E-state index in [-0.39, 0.29) is 25.8 Å². The average Bonchev–Trinajstić information content (AvgIpc) is 2.58. The lowest BCUT2D eigenvalue weighted by atomic mass is 10.1. The molecule has 0 unspecified atom stereocenters. The molecule has 0 bridgehead atoms. The molecule has 0 aromatic heterocycles. The van der Waals surface area contributed by atoms with E-state index in [4.69, 9.17) is 18.3 Å². The van der Waals surface area contributed by atoms with Crippen LogP contribution in [0.3, 0.4) is 0 Å². The van der Waals surface area contributed by atoms with Crippen LogP contribution in [-0.2, 0) is 29.5 Å². The summed E-state index contributed by atoms with van der Waals surface area (Å²) in [6, 6.07) is 6.76. The standard InChI is InChI=1S/C17H27O6P/c1-5-14(4)12-20-17(18)16-10-8-15(9-11-16)13-23-24(19,21-6-2)22-7-3/h8-11,14H,5-7,12-13H2,1-4H3/t14-/m0/s1. The Bertz CT molecular complexity index is 533. The fourth-order valence-corrected chi connectivity index (χ4v) is 2.90. The van der Waals surface area contributed by atoms with Crippen LogP contribution in [0.2, 0.25) is 0 Å². The van der Waals surface area contributed by atoms with E-state index in [1.165, 1.54) is 0 Å². The summed E-state index contributed by atoms with van der Waals surface area (Å²) in [5.41, 5.74) is 1.23. The van der Waals surface area contributed by atoms with Gasteiger partial charge in [0, 0.05) is 0 Å². The summed E-state index contributed by atoms with van der Waals surface area (Å²) >= 11 is 0. The Morgan fingerprint density at radius 1 is 1.04 bits per heavy atom. The molecule has 1 atom stereocenters. The molecule has 7 heteroatoms. The first kappa shape index (κ1) is 20.8. The monoisotopic (exact) mass is 358 g/mol. The van der Waals surface area contributed by atoms with Crippen molar-refractivity contribution in [3.8, 4) is 0 Å². The number of rotatable bonds is 11. The molecule has 1 aromatic rings. The van der Waals surface area contributed by atoms with Gasteiger partial charge in [0.2, 0.25) is 0 Å². The van der Waals surface area contributed by atoms with Gasteiger partial charge in [-0.25, -0.2) is 9.36 Å². The third-order valence-electron chi connectivity index (χ3n) is 3.35. The van der Waals surface area contributed by atoms with Gasteiger partial charge in [-0.15, -0.1) is 0 Å². The van der Waals surface area contributed by atoms with Gasteiger partial charge in [-0.3, -0.25) is 13.6 Å². The van der Waals surface area contributed by atoms with Crippen molar-refractivity contribution in [3.63, 3.8) is 0 Å². The zero-order valence-electron chi connectivity index (χ0n) is 14.8. The number of hydrogen-bond donors (Lipinski definition) is 0. The van der Waals surface area contributed by atoms with Crippen molar-refractivity contribution < 1.29 is 27.7 Å². The molecular formula is C17H27O6P. The van der Waals surface area contributed by atoms with Crippen molar-refractivity contribution in [1.29, 1.82) is 0 Å². The fourth-order valence-electron chi connectivity index (χ4n) is 1.74. The summed E-state index contributed by atoms with van der Waals surface area (Å²) in [7, 11) is -3.53. The topological polar surface area (TPSA) is 71.1 Å². The zero-order valence-corrected chi connectivity index (χ0v) is 15.7. The minimum Gasteiger partial charge on any atom is -0.462 e. The highest BCUT2D eigenvalue weighted by Gasteiger charge is 2.25. The number of ether oxygens (including phenoxy) is 1. The Balaban J connectivity index is 2.58. The molecule has 0 N–H and O–H groups in total. The van der Waals surface area contributed by atoms with Crippen LogP contribution >= 0.6 is 7.82 Å². The molecule has 0 saturated heterocycles. The molecule has 0 amide bonds. The maximum atomic E-state index is 12.2. The Morgan fingerprint density at radius 2 is 1.62 bits per heavy atom. The summed E-state index contributed by atoms with van der Waals surface area (Å²) < 4.78 is 32.8. The quantitative estimate of drug-likeness (QED) is 0.426. The van der Waals surface area contributed by atoms with E-state index in [1.807, 2.05) is 6.92 Å². The third kappa shape index (κ3) is 7.14. The first-order chi connectivity index (χ1) is 11.4. The SMILES string of the molecule is CCOP(=O)(OCC)OCc1ccc(C(=O)OC[C@@H](C)CC)cc1. The van der Waals surface area contributed by atoms with Crippen molar-refractivity contribution in [2.24, 2.45) is 5.92 Å². The van der Waals surface area contributed by atoms with Crippen molar-refractivity contribution in [2.75, 3.05) is 19.8 Å². The minimum atomic E-state index is -3.53. The van der Waals surface area contributed by atoms with E-state index in [0.717, 1.165) is 12.0 Å². The molecule has 0 aliphatic rings. The number of benzene rings is 1. The highest BCUT2D eigenvalue weighted by molar-refractivity contribution is 7.48. The first-order valence-corrected chi connectivity index (χ1v) is 9.69. The maximum Gasteiger partial charge on any atom is 0.475 e. The van der Waals surface area contributed by atoms with Crippen molar-refractivity contribution >= 4 is 13.8 Å². The number of hydrogen-bond acceptors (Lipinski definition) is 6. The smallest absolute Gasteiger partial charge is 0.462 e. The van der Waals surface area contributed by atoms with Gasteiger partial charge in [0.1, 0.15) is 0 Å². The van der Waals surface area contributed by atoms with Crippen LogP contribution in [0, 0.1) is 5.92 Å². The molecule has 6 nitrogen and oxygen atoms in total. The lowest BCUT2D eigenvalue weighted by molar-refractivity contribution is 0.0447. The molecule has 0 radical (unpaired) electrons. The number of carbonyl (C=O) groups excluding carboxylic acids is 1. The summed E-state index contributed by atoms with van der Waals surface area (Å²) in [4.78, 5) is 11.9. The van der Waals surface area contributed by atoms with Gasteiger partial charge < -0.3 is 4.74 Å². The number of phosphoric acid groups is 1. The molecule has 0 spiro atoms. The molecule has 0 heterocycles. The number of carbonyl (C=O) groups is 1. The van der Waals surface area contributed by atoms with Crippen LogP contribution in [0.5, 0.6) is 0 Å². The number of phosphoric ester groups is 1. The van der Waals surface area contributed by atoms with Crippen LogP contribution in [0.1, 0.15) is 50.0 Å². The van der Waals surface area contributed by atoms with Gasteiger partial charge in [0.05, 0.1) is 32.0 Å². The van der Waals surface area contributed by atoms with E-state index in [0.29, 0.717) is 18.1 Å². The fraction of sp³-hybridized carbons (Fsp3) is 0.588. The summed E-state index contributed by atoms with van der Waals surface area (Å²) in [6.07, 6.45) is 0.962. The van der Waals surface area contributed by atoms with Crippen LogP contribution in [0.15, 0.2) is 24.3 Å². The van der Waals surface area contributed by atoms with Crippen molar-refractivity contribution in [3.05, 3.63) is 35.4 Å². The Labute approximate surface area is 144 Å². The average molecular weight is 358 g/mol. The van der Waals surface area contributed by atoms with Crippen LogP contribution in [-0.4, -0.2) is 25.8 Å².